The predicted octanol–water partition coefficient (Wildman–Crippen LogP) is 3.01. The van der Waals surface area contributed by atoms with Gasteiger partial charge in [0.2, 0.25) is 17.6 Å². The number of aryl methyl sites for hydroxylation is 1. The standard InChI is InChI=1S/C20H18FN5O4/c1-11-23-19(24-30-11)17-7-4-13(9-22-17)15-6-5-14(8-16(15)21)26-10-18(29-20(26)28)25(3)12(2)27/h4-9,18H,10H2,1-3H3/t18-/m0/s1. The fraction of sp³-hybridized carbons (Fsp3) is 0.250. The minimum absolute atomic E-state index is 0.119. The number of nitrogens with zero attached hydrogens (tertiary/aromatic N) is 5. The van der Waals surface area contributed by atoms with Crippen LogP contribution in [0.1, 0.15) is 12.8 Å². The van der Waals surface area contributed by atoms with Crippen LogP contribution in [0.15, 0.2) is 41.1 Å². The zero-order valence-electron chi connectivity index (χ0n) is 16.5. The Morgan fingerprint density at radius 1 is 1.30 bits per heavy atom. The van der Waals surface area contributed by atoms with E-state index in [4.69, 9.17) is 9.26 Å². The summed E-state index contributed by atoms with van der Waals surface area (Å²) >= 11 is 0. The topological polar surface area (TPSA) is 102 Å². The van der Waals surface area contributed by atoms with E-state index in [1.807, 2.05) is 0 Å². The smallest absolute Gasteiger partial charge is 0.416 e. The number of amides is 2. The molecule has 10 heteroatoms. The molecule has 0 saturated carbocycles. The molecule has 4 rings (SSSR count). The average Bonchev–Trinajstić information content (AvgIpc) is 3.33. The first-order chi connectivity index (χ1) is 14.3. The van der Waals surface area contributed by atoms with Crippen LogP contribution in [0.4, 0.5) is 14.9 Å². The van der Waals surface area contributed by atoms with Gasteiger partial charge in [0.25, 0.3) is 0 Å². The quantitative estimate of drug-likeness (QED) is 0.650. The van der Waals surface area contributed by atoms with E-state index in [9.17, 15) is 14.0 Å². The normalized spacial score (nSPS) is 15.9. The third-order valence-electron chi connectivity index (χ3n) is 4.82. The van der Waals surface area contributed by atoms with Crippen molar-refractivity contribution in [2.75, 3.05) is 18.5 Å². The maximum atomic E-state index is 14.8. The van der Waals surface area contributed by atoms with Crippen molar-refractivity contribution in [2.24, 2.45) is 0 Å². The zero-order valence-corrected chi connectivity index (χ0v) is 16.5. The van der Waals surface area contributed by atoms with Crippen molar-refractivity contribution in [1.82, 2.24) is 20.0 Å². The second kappa shape index (κ2) is 7.54. The predicted molar refractivity (Wildman–Crippen MR) is 104 cm³/mol. The molecule has 1 aliphatic heterocycles. The van der Waals surface area contributed by atoms with Crippen LogP contribution in [0.25, 0.3) is 22.6 Å². The molecule has 0 aliphatic carbocycles. The summed E-state index contributed by atoms with van der Waals surface area (Å²) in [6, 6.07) is 7.81. The molecule has 30 heavy (non-hydrogen) atoms. The molecule has 1 aliphatic rings. The van der Waals surface area contributed by atoms with Crippen molar-refractivity contribution in [3.05, 3.63) is 48.2 Å². The molecule has 1 aromatic carbocycles. The van der Waals surface area contributed by atoms with Gasteiger partial charge in [0.15, 0.2) is 6.23 Å². The average molecular weight is 411 g/mol. The number of hydrogen-bond donors (Lipinski definition) is 0. The summed E-state index contributed by atoms with van der Waals surface area (Å²) in [4.78, 5) is 34.6. The molecule has 1 atom stereocenters. The number of benzene rings is 1. The lowest BCUT2D eigenvalue weighted by Gasteiger charge is -2.20. The third kappa shape index (κ3) is 3.59. The highest BCUT2D eigenvalue weighted by Gasteiger charge is 2.36. The molecule has 2 amide bonds. The van der Waals surface area contributed by atoms with Gasteiger partial charge in [-0.3, -0.25) is 14.7 Å². The molecular formula is C20H18FN5O4. The monoisotopic (exact) mass is 411 g/mol. The van der Waals surface area contributed by atoms with Crippen molar-refractivity contribution >= 4 is 17.7 Å². The maximum Gasteiger partial charge on any atom is 0.416 e. The number of carbonyl (C=O) groups excluding carboxylic acids is 2. The van der Waals surface area contributed by atoms with Crippen molar-refractivity contribution < 1.29 is 23.2 Å². The Kier molecular flexibility index (Phi) is 4.90. The van der Waals surface area contributed by atoms with Gasteiger partial charge in [-0.25, -0.2) is 9.18 Å². The van der Waals surface area contributed by atoms with Crippen LogP contribution in [0.3, 0.4) is 0 Å². The molecule has 0 bridgehead atoms. The lowest BCUT2D eigenvalue weighted by Crippen LogP contribution is -2.38. The first-order valence-corrected chi connectivity index (χ1v) is 9.11. The van der Waals surface area contributed by atoms with Crippen molar-refractivity contribution in [1.29, 1.82) is 0 Å². The van der Waals surface area contributed by atoms with Crippen molar-refractivity contribution in [2.45, 2.75) is 20.1 Å². The zero-order chi connectivity index (χ0) is 21.4. The SMILES string of the molecule is CC(=O)N(C)[C@@H]1CN(c2ccc(-c3ccc(-c4noc(C)n4)nc3)c(F)c2)C(=O)O1. The highest BCUT2D eigenvalue weighted by molar-refractivity contribution is 5.90. The first-order valence-electron chi connectivity index (χ1n) is 9.11. The largest absolute Gasteiger partial charge is 0.423 e. The second-order valence-corrected chi connectivity index (χ2v) is 6.81. The Balaban J connectivity index is 1.55. The Morgan fingerprint density at radius 2 is 2.10 bits per heavy atom. The Bertz CT molecular complexity index is 1110. The minimum atomic E-state index is -0.719. The van der Waals surface area contributed by atoms with E-state index in [0.717, 1.165) is 0 Å². The highest BCUT2D eigenvalue weighted by Crippen LogP contribution is 2.30. The Labute approximate surface area is 171 Å². The van der Waals surface area contributed by atoms with Gasteiger partial charge < -0.3 is 14.2 Å². The molecule has 0 spiro atoms. The summed E-state index contributed by atoms with van der Waals surface area (Å²) in [5, 5.41) is 3.80. The summed E-state index contributed by atoms with van der Waals surface area (Å²) in [5.74, 6) is 0.0268. The molecule has 154 valence electrons. The van der Waals surface area contributed by atoms with Gasteiger partial charge >= 0.3 is 6.09 Å². The van der Waals surface area contributed by atoms with E-state index in [-0.39, 0.29) is 12.5 Å². The van der Waals surface area contributed by atoms with Gasteiger partial charge in [-0.05, 0) is 24.3 Å². The summed E-state index contributed by atoms with van der Waals surface area (Å²) in [5.41, 5.74) is 1.73. The molecule has 0 unspecified atom stereocenters. The lowest BCUT2D eigenvalue weighted by atomic mass is 10.1. The number of carbonyl (C=O) groups is 2. The highest BCUT2D eigenvalue weighted by atomic mass is 19.1. The Morgan fingerprint density at radius 3 is 2.70 bits per heavy atom. The fourth-order valence-corrected chi connectivity index (χ4v) is 3.06. The van der Waals surface area contributed by atoms with Gasteiger partial charge in [-0.1, -0.05) is 11.2 Å². The molecule has 0 N–H and O–H groups in total. The van der Waals surface area contributed by atoms with Crippen LogP contribution in [0.5, 0.6) is 0 Å². The van der Waals surface area contributed by atoms with Gasteiger partial charge in [0, 0.05) is 38.2 Å². The number of rotatable bonds is 4. The number of cyclic esters (lactones) is 1. The molecule has 3 aromatic rings. The molecule has 1 fully saturated rings. The van der Waals surface area contributed by atoms with Crippen LogP contribution in [0, 0.1) is 12.7 Å². The van der Waals surface area contributed by atoms with E-state index >= 15 is 0 Å². The summed E-state index contributed by atoms with van der Waals surface area (Å²) in [6.07, 6.45) is 0.158. The Hall–Kier alpha value is -3.82. The maximum absolute atomic E-state index is 14.8. The molecular weight excluding hydrogens is 393 g/mol. The minimum Gasteiger partial charge on any atom is -0.423 e. The van der Waals surface area contributed by atoms with Crippen LogP contribution >= 0.6 is 0 Å². The summed E-state index contributed by atoms with van der Waals surface area (Å²) in [7, 11) is 1.54. The second-order valence-electron chi connectivity index (χ2n) is 6.81. The number of hydrogen-bond acceptors (Lipinski definition) is 7. The van der Waals surface area contributed by atoms with Crippen LogP contribution in [-0.2, 0) is 9.53 Å². The summed E-state index contributed by atoms with van der Waals surface area (Å²) in [6.45, 7) is 3.18. The molecule has 1 saturated heterocycles. The number of pyridine rings is 1. The lowest BCUT2D eigenvalue weighted by molar-refractivity contribution is -0.134. The fourth-order valence-electron chi connectivity index (χ4n) is 3.06. The number of anilines is 1. The van der Waals surface area contributed by atoms with Crippen LogP contribution in [0.2, 0.25) is 0 Å². The van der Waals surface area contributed by atoms with Crippen molar-refractivity contribution in [3.8, 4) is 22.6 Å². The number of halogens is 1. The van der Waals surface area contributed by atoms with E-state index in [2.05, 4.69) is 15.1 Å². The first kappa shape index (κ1) is 19.5. The molecule has 3 heterocycles. The number of likely N-dealkylation sites (N-methyl/N-ethyl adjacent to an activating group) is 1. The van der Waals surface area contributed by atoms with Crippen LogP contribution < -0.4 is 4.90 Å². The van der Waals surface area contributed by atoms with E-state index in [1.165, 1.54) is 29.0 Å². The van der Waals surface area contributed by atoms with Gasteiger partial charge in [-0.2, -0.15) is 4.98 Å². The van der Waals surface area contributed by atoms with Gasteiger partial charge in [0.1, 0.15) is 11.5 Å². The van der Waals surface area contributed by atoms with Crippen LogP contribution in [-0.4, -0.2) is 51.8 Å². The summed E-state index contributed by atoms with van der Waals surface area (Å²) < 4.78 is 25.0. The van der Waals surface area contributed by atoms with Gasteiger partial charge in [0.05, 0.1) is 12.2 Å². The van der Waals surface area contributed by atoms with Crippen molar-refractivity contribution in [3.63, 3.8) is 0 Å². The number of aromatic nitrogens is 3. The van der Waals surface area contributed by atoms with Gasteiger partial charge in [-0.15, -0.1) is 0 Å². The molecule has 9 nitrogen and oxygen atoms in total. The van der Waals surface area contributed by atoms with E-state index < -0.39 is 18.1 Å². The van der Waals surface area contributed by atoms with E-state index in [0.29, 0.717) is 34.2 Å². The molecule has 0 radical (unpaired) electrons. The third-order valence-corrected chi connectivity index (χ3v) is 4.82. The molecule has 2 aromatic heterocycles. The van der Waals surface area contributed by atoms with E-state index in [1.54, 1.807) is 38.2 Å². The number of ether oxygens (including phenoxy) is 1.